The fourth-order valence-electron chi connectivity index (χ4n) is 2.66. The summed E-state index contributed by atoms with van der Waals surface area (Å²) in [6.45, 7) is 3.76. The second-order valence-corrected chi connectivity index (χ2v) is 4.79. The summed E-state index contributed by atoms with van der Waals surface area (Å²) in [4.78, 5) is 24.0. The summed E-state index contributed by atoms with van der Waals surface area (Å²) in [6, 6.07) is 0. The first-order valence-corrected chi connectivity index (χ1v) is 6.64. The molecule has 19 heavy (non-hydrogen) atoms. The first kappa shape index (κ1) is 15.9. The molecule has 1 N–H and O–H groups in total. The molecule has 0 saturated carbocycles. The van der Waals surface area contributed by atoms with Gasteiger partial charge in [-0.05, 0) is 37.7 Å². The van der Waals surface area contributed by atoms with Crippen LogP contribution in [0.5, 0.6) is 0 Å². The van der Waals surface area contributed by atoms with Crippen molar-refractivity contribution in [2.45, 2.75) is 26.6 Å². The summed E-state index contributed by atoms with van der Waals surface area (Å²) in [5, 5.41) is 9.63. The minimum absolute atomic E-state index is 0.00601. The average molecular weight is 264 g/mol. The fraction of sp³-hybridized carbons (Fsp3) is 0.571. The summed E-state index contributed by atoms with van der Waals surface area (Å²) >= 11 is 0. The number of ketones is 2. The van der Waals surface area contributed by atoms with Gasteiger partial charge in [0.1, 0.15) is 0 Å². The van der Waals surface area contributed by atoms with Crippen LogP contribution < -0.4 is 0 Å². The van der Waals surface area contributed by atoms with Gasteiger partial charge in [-0.15, -0.1) is 0 Å². The van der Waals surface area contributed by atoms with Crippen LogP contribution in [0.1, 0.15) is 20.3 Å². The van der Waals surface area contributed by atoms with Crippen LogP contribution in [0.3, 0.4) is 0 Å². The molecule has 0 aromatic rings. The number of allylic oxidation sites excluding steroid dienone is 4. The van der Waals surface area contributed by atoms with Gasteiger partial charge in [0.15, 0.2) is 11.6 Å². The normalized spacial score (nSPS) is 25.1. The van der Waals surface area contributed by atoms with E-state index in [0.717, 1.165) is 0 Å². The Labute approximate surface area is 114 Å². The van der Waals surface area contributed by atoms with E-state index in [-0.39, 0.29) is 23.4 Å². The zero-order valence-corrected chi connectivity index (χ0v) is 11.7. The summed E-state index contributed by atoms with van der Waals surface area (Å²) in [6.07, 6.45) is 7.38. The quantitative estimate of drug-likeness (QED) is 0.585. The minimum atomic E-state index is -0.924. The van der Waals surface area contributed by atoms with Crippen LogP contribution in [0, 0.1) is 17.8 Å². The third kappa shape index (κ3) is 3.88. The van der Waals surface area contributed by atoms with E-state index in [4.69, 9.17) is 4.65 Å². The highest BCUT2D eigenvalue weighted by atomic mass is 16.5. The van der Waals surface area contributed by atoms with Crippen molar-refractivity contribution >= 4 is 18.7 Å². The third-order valence-electron chi connectivity index (χ3n) is 3.63. The summed E-state index contributed by atoms with van der Waals surface area (Å²) in [5.41, 5.74) is 0. The smallest absolute Gasteiger partial charge is 0.427 e. The maximum atomic E-state index is 12.1. The van der Waals surface area contributed by atoms with Crippen LogP contribution in [-0.4, -0.2) is 30.8 Å². The zero-order chi connectivity index (χ0) is 14.4. The Morgan fingerprint density at radius 3 is 2.58 bits per heavy atom. The Morgan fingerprint density at radius 2 is 2.05 bits per heavy atom. The highest BCUT2D eigenvalue weighted by Crippen LogP contribution is 2.33. The van der Waals surface area contributed by atoms with E-state index in [9.17, 15) is 14.6 Å². The van der Waals surface area contributed by atoms with E-state index in [1.807, 2.05) is 26.0 Å². The van der Waals surface area contributed by atoms with E-state index in [1.54, 1.807) is 0 Å². The van der Waals surface area contributed by atoms with E-state index < -0.39 is 13.0 Å². The Hall–Kier alpha value is -1.20. The second-order valence-electron chi connectivity index (χ2n) is 4.79. The van der Waals surface area contributed by atoms with E-state index in [0.29, 0.717) is 12.7 Å². The molecule has 0 saturated heterocycles. The summed E-state index contributed by atoms with van der Waals surface area (Å²) in [5.74, 6) is -0.941. The predicted molar refractivity (Wildman–Crippen MR) is 74.5 cm³/mol. The van der Waals surface area contributed by atoms with Gasteiger partial charge < -0.3 is 9.68 Å². The molecular formula is C14H21BO4. The van der Waals surface area contributed by atoms with Crippen LogP contribution in [0.4, 0.5) is 0 Å². The van der Waals surface area contributed by atoms with Gasteiger partial charge in [-0.2, -0.15) is 0 Å². The van der Waals surface area contributed by atoms with Gasteiger partial charge in [-0.1, -0.05) is 19.1 Å². The first-order chi connectivity index (χ1) is 9.04. The molecule has 0 spiro atoms. The van der Waals surface area contributed by atoms with Crippen molar-refractivity contribution in [3.63, 3.8) is 0 Å². The lowest BCUT2D eigenvalue weighted by Gasteiger charge is -2.31. The summed E-state index contributed by atoms with van der Waals surface area (Å²) < 4.78 is 4.86. The van der Waals surface area contributed by atoms with Gasteiger partial charge >= 0.3 is 7.12 Å². The number of hydrogen-bond acceptors (Lipinski definition) is 4. The molecule has 0 radical (unpaired) electrons. The molecule has 0 amide bonds. The van der Waals surface area contributed by atoms with Crippen molar-refractivity contribution < 1.29 is 19.3 Å². The second kappa shape index (κ2) is 7.41. The SMILES string of the molecule is C/C=C/[C@H](CB(O)OC)[C@@H]1C(=O)C=CC(=O)[C@@H]1CC. The van der Waals surface area contributed by atoms with Crippen molar-refractivity contribution in [1.29, 1.82) is 0 Å². The van der Waals surface area contributed by atoms with E-state index >= 15 is 0 Å². The zero-order valence-electron chi connectivity index (χ0n) is 11.7. The number of hydrogen-bond donors (Lipinski definition) is 1. The van der Waals surface area contributed by atoms with Crippen molar-refractivity contribution in [3.8, 4) is 0 Å². The van der Waals surface area contributed by atoms with Crippen molar-refractivity contribution in [2.75, 3.05) is 7.11 Å². The van der Waals surface area contributed by atoms with E-state index in [2.05, 4.69) is 0 Å². The molecule has 1 aliphatic carbocycles. The van der Waals surface area contributed by atoms with Crippen LogP contribution in [0.25, 0.3) is 0 Å². The van der Waals surface area contributed by atoms with Gasteiger partial charge in [-0.3, -0.25) is 9.59 Å². The molecular weight excluding hydrogens is 243 g/mol. The lowest BCUT2D eigenvalue weighted by molar-refractivity contribution is -0.130. The molecule has 4 nitrogen and oxygen atoms in total. The minimum Gasteiger partial charge on any atom is -0.427 e. The molecule has 0 fully saturated rings. The van der Waals surface area contributed by atoms with Crippen molar-refractivity contribution in [2.24, 2.45) is 17.8 Å². The highest BCUT2D eigenvalue weighted by molar-refractivity contribution is 6.42. The maximum Gasteiger partial charge on any atom is 0.454 e. The van der Waals surface area contributed by atoms with Crippen LogP contribution in [0.15, 0.2) is 24.3 Å². The lowest BCUT2D eigenvalue weighted by Crippen LogP contribution is -2.38. The Morgan fingerprint density at radius 1 is 1.42 bits per heavy atom. The Balaban J connectivity index is 3.00. The molecule has 0 aromatic carbocycles. The monoisotopic (exact) mass is 264 g/mol. The molecule has 104 valence electrons. The molecule has 5 heteroatoms. The standard InChI is InChI=1S/C14H21BO4/c1-4-6-10(9-15(18)19-3)14-11(5-2)12(16)7-8-13(14)17/h4,6-8,10-11,14,18H,5,9H2,1-3H3/b6-4+/t10-,11+,14+/m1/s1. The van der Waals surface area contributed by atoms with Gasteiger partial charge in [0.25, 0.3) is 0 Å². The number of carbonyl (C=O) groups excluding carboxylic acids is 2. The number of rotatable bonds is 6. The van der Waals surface area contributed by atoms with Gasteiger partial charge in [-0.25, -0.2) is 0 Å². The maximum absolute atomic E-state index is 12.1. The molecule has 3 atom stereocenters. The van der Waals surface area contributed by atoms with Crippen molar-refractivity contribution in [3.05, 3.63) is 24.3 Å². The lowest BCUT2D eigenvalue weighted by atomic mass is 9.65. The van der Waals surface area contributed by atoms with Crippen molar-refractivity contribution in [1.82, 2.24) is 0 Å². The van der Waals surface area contributed by atoms with Gasteiger partial charge in [0.05, 0.1) is 0 Å². The highest BCUT2D eigenvalue weighted by Gasteiger charge is 2.39. The number of carbonyl (C=O) groups is 2. The molecule has 0 bridgehead atoms. The Kier molecular flexibility index (Phi) is 6.18. The van der Waals surface area contributed by atoms with Gasteiger partial charge in [0, 0.05) is 18.9 Å². The Bertz CT molecular complexity index is 389. The molecule has 1 rings (SSSR count). The molecule has 1 aliphatic rings. The molecule has 0 aliphatic heterocycles. The van der Waals surface area contributed by atoms with E-state index in [1.165, 1.54) is 19.3 Å². The van der Waals surface area contributed by atoms with Crippen LogP contribution in [0.2, 0.25) is 6.32 Å². The predicted octanol–water partition coefficient (Wildman–Crippen LogP) is 1.66. The first-order valence-electron chi connectivity index (χ1n) is 6.64. The molecule has 0 aromatic heterocycles. The molecule has 0 heterocycles. The van der Waals surface area contributed by atoms with Crippen LogP contribution >= 0.6 is 0 Å². The third-order valence-corrected chi connectivity index (χ3v) is 3.63. The fourth-order valence-corrected chi connectivity index (χ4v) is 2.66. The largest absolute Gasteiger partial charge is 0.454 e. The summed E-state index contributed by atoms with van der Waals surface area (Å²) in [7, 11) is 0.495. The average Bonchev–Trinajstić information content (AvgIpc) is 2.40. The topological polar surface area (TPSA) is 63.6 Å². The van der Waals surface area contributed by atoms with Crippen LogP contribution in [-0.2, 0) is 14.2 Å². The van der Waals surface area contributed by atoms with Gasteiger partial charge in [0.2, 0.25) is 0 Å². The molecule has 0 unspecified atom stereocenters.